The van der Waals surface area contributed by atoms with Gasteiger partial charge in [0.1, 0.15) is 6.61 Å². The zero-order chi connectivity index (χ0) is 11.8. The molecule has 1 aromatic carbocycles. The fourth-order valence-corrected chi connectivity index (χ4v) is 1.41. The van der Waals surface area contributed by atoms with Crippen molar-refractivity contribution in [3.05, 3.63) is 35.4 Å². The summed E-state index contributed by atoms with van der Waals surface area (Å²) in [4.78, 5) is 10.6. The first-order chi connectivity index (χ1) is 7.47. The van der Waals surface area contributed by atoms with Crippen LogP contribution in [0, 0.1) is 0 Å². The Morgan fingerprint density at radius 2 is 2.06 bits per heavy atom. The number of hydrogen-bond donors (Lipinski definition) is 0. The molecule has 1 atom stereocenters. The Hall–Kier alpha value is -1.72. The third kappa shape index (κ3) is 2.10. The van der Waals surface area contributed by atoms with Crippen molar-refractivity contribution >= 4 is 6.16 Å². The van der Waals surface area contributed by atoms with E-state index in [0.717, 1.165) is 12.1 Å². The first-order valence-electron chi connectivity index (χ1n) is 4.47. The lowest BCUT2D eigenvalue weighted by Gasteiger charge is -2.10. The van der Waals surface area contributed by atoms with Gasteiger partial charge in [-0.15, -0.1) is 0 Å². The summed E-state index contributed by atoms with van der Waals surface area (Å²) >= 11 is 0. The normalized spacial score (nSPS) is 20.4. The van der Waals surface area contributed by atoms with E-state index in [-0.39, 0.29) is 12.2 Å². The van der Waals surface area contributed by atoms with Crippen LogP contribution >= 0.6 is 0 Å². The largest absolute Gasteiger partial charge is 0.509 e. The maximum absolute atomic E-state index is 12.4. The maximum atomic E-state index is 12.4. The molecular weight excluding hydrogens is 225 g/mol. The first kappa shape index (κ1) is 10.8. The number of alkyl halides is 3. The minimum atomic E-state index is -4.40. The van der Waals surface area contributed by atoms with Gasteiger partial charge in [-0.25, -0.2) is 4.79 Å². The monoisotopic (exact) mass is 232 g/mol. The zero-order valence-corrected chi connectivity index (χ0v) is 7.95. The van der Waals surface area contributed by atoms with Gasteiger partial charge < -0.3 is 9.47 Å². The number of ether oxygens (including phenoxy) is 2. The number of carbonyl (C=O) groups excluding carboxylic acids is 1. The number of carbonyl (C=O) groups is 1. The van der Waals surface area contributed by atoms with Crippen LogP contribution in [0.4, 0.5) is 18.0 Å². The van der Waals surface area contributed by atoms with Crippen molar-refractivity contribution in [3.8, 4) is 0 Å². The molecule has 0 radical (unpaired) electrons. The molecule has 3 nitrogen and oxygen atoms in total. The van der Waals surface area contributed by atoms with Gasteiger partial charge in [-0.2, -0.15) is 13.2 Å². The van der Waals surface area contributed by atoms with Gasteiger partial charge in [0.15, 0.2) is 6.10 Å². The Morgan fingerprint density at radius 3 is 2.62 bits per heavy atom. The summed E-state index contributed by atoms with van der Waals surface area (Å²) in [5.41, 5.74) is -0.492. The van der Waals surface area contributed by atoms with Crippen LogP contribution < -0.4 is 0 Å². The van der Waals surface area contributed by atoms with Crippen molar-refractivity contribution in [1.82, 2.24) is 0 Å². The molecule has 0 bridgehead atoms. The van der Waals surface area contributed by atoms with E-state index in [9.17, 15) is 18.0 Å². The third-order valence-corrected chi connectivity index (χ3v) is 2.18. The Balaban J connectivity index is 2.26. The minimum absolute atomic E-state index is 0.0554. The highest BCUT2D eigenvalue weighted by Gasteiger charge is 2.33. The van der Waals surface area contributed by atoms with Gasteiger partial charge >= 0.3 is 12.3 Å². The van der Waals surface area contributed by atoms with E-state index in [1.54, 1.807) is 0 Å². The lowest BCUT2D eigenvalue weighted by molar-refractivity contribution is -0.137. The first-order valence-corrected chi connectivity index (χ1v) is 4.47. The number of rotatable bonds is 1. The number of hydrogen-bond acceptors (Lipinski definition) is 3. The second-order valence-corrected chi connectivity index (χ2v) is 3.29. The summed E-state index contributed by atoms with van der Waals surface area (Å²) in [6.07, 6.45) is -6.02. The Labute approximate surface area is 88.8 Å². The summed E-state index contributed by atoms with van der Waals surface area (Å²) < 4.78 is 46.4. The van der Waals surface area contributed by atoms with E-state index >= 15 is 0 Å². The second-order valence-electron chi connectivity index (χ2n) is 3.29. The Morgan fingerprint density at radius 1 is 1.31 bits per heavy atom. The minimum Gasteiger partial charge on any atom is -0.430 e. The topological polar surface area (TPSA) is 35.5 Å². The highest BCUT2D eigenvalue weighted by Crippen LogP contribution is 2.32. The molecule has 6 heteroatoms. The molecule has 0 N–H and O–H groups in total. The molecule has 86 valence electrons. The lowest BCUT2D eigenvalue weighted by atomic mass is 10.1. The van der Waals surface area contributed by atoms with E-state index in [4.69, 9.17) is 0 Å². The van der Waals surface area contributed by atoms with Gasteiger partial charge in [-0.05, 0) is 17.7 Å². The van der Waals surface area contributed by atoms with E-state index in [0.29, 0.717) is 0 Å². The van der Waals surface area contributed by atoms with Crippen LogP contribution in [0.1, 0.15) is 17.2 Å². The summed E-state index contributed by atoms with van der Waals surface area (Å²) in [6, 6.07) is 4.64. The summed E-state index contributed by atoms with van der Waals surface area (Å²) in [7, 11) is 0. The van der Waals surface area contributed by atoms with Crippen LogP contribution in [0.15, 0.2) is 24.3 Å². The second kappa shape index (κ2) is 3.70. The molecule has 0 saturated carbocycles. The molecule has 16 heavy (non-hydrogen) atoms. The van der Waals surface area contributed by atoms with Gasteiger partial charge in [0, 0.05) is 0 Å². The summed E-state index contributed by atoms with van der Waals surface area (Å²) in [5.74, 6) is 0. The lowest BCUT2D eigenvalue weighted by Crippen LogP contribution is -2.07. The molecule has 0 spiro atoms. The summed E-state index contributed by atoms with van der Waals surface area (Å²) in [6.45, 7) is -0.0554. The highest BCUT2D eigenvalue weighted by molar-refractivity contribution is 5.62. The third-order valence-electron chi connectivity index (χ3n) is 2.18. The van der Waals surface area contributed by atoms with Crippen LogP contribution in [-0.2, 0) is 15.7 Å². The van der Waals surface area contributed by atoms with E-state index in [2.05, 4.69) is 9.47 Å². The van der Waals surface area contributed by atoms with Crippen molar-refractivity contribution in [2.45, 2.75) is 12.3 Å². The highest BCUT2D eigenvalue weighted by atomic mass is 19.4. The van der Waals surface area contributed by atoms with Crippen molar-refractivity contribution < 1.29 is 27.4 Å². The van der Waals surface area contributed by atoms with Crippen LogP contribution in [-0.4, -0.2) is 12.8 Å². The van der Waals surface area contributed by atoms with E-state index in [1.165, 1.54) is 12.1 Å². The van der Waals surface area contributed by atoms with Gasteiger partial charge in [0.2, 0.25) is 0 Å². The molecule has 1 fully saturated rings. The van der Waals surface area contributed by atoms with Crippen LogP contribution in [0.25, 0.3) is 0 Å². The fraction of sp³-hybridized carbons (Fsp3) is 0.300. The van der Waals surface area contributed by atoms with Crippen LogP contribution in [0.3, 0.4) is 0 Å². The molecule has 0 aromatic heterocycles. The van der Waals surface area contributed by atoms with Crippen LogP contribution in [0.2, 0.25) is 0 Å². The molecule has 0 amide bonds. The van der Waals surface area contributed by atoms with Gasteiger partial charge in [0.25, 0.3) is 0 Å². The van der Waals surface area contributed by atoms with Gasteiger partial charge in [-0.1, -0.05) is 12.1 Å². The summed E-state index contributed by atoms with van der Waals surface area (Å²) in [5, 5.41) is 0. The molecule has 2 rings (SSSR count). The molecule has 1 saturated heterocycles. The molecule has 1 aromatic rings. The van der Waals surface area contributed by atoms with E-state index in [1.807, 2.05) is 0 Å². The maximum Gasteiger partial charge on any atom is 0.509 e. The molecule has 1 aliphatic heterocycles. The molecule has 1 aliphatic rings. The SMILES string of the molecule is O=C1OC[C@H](c2cccc(C(F)(F)F)c2)O1. The van der Waals surface area contributed by atoms with Crippen molar-refractivity contribution in [2.24, 2.45) is 0 Å². The zero-order valence-electron chi connectivity index (χ0n) is 7.95. The molecule has 1 heterocycles. The average Bonchev–Trinajstić information content (AvgIpc) is 2.64. The quantitative estimate of drug-likeness (QED) is 0.698. The Kier molecular flexibility index (Phi) is 2.49. The van der Waals surface area contributed by atoms with Gasteiger partial charge in [-0.3, -0.25) is 0 Å². The molecular formula is C10H7F3O3. The predicted octanol–water partition coefficient (Wildman–Crippen LogP) is 2.91. The van der Waals surface area contributed by atoms with Crippen molar-refractivity contribution in [2.75, 3.05) is 6.61 Å². The van der Waals surface area contributed by atoms with Gasteiger partial charge in [0.05, 0.1) is 5.56 Å². The van der Waals surface area contributed by atoms with E-state index < -0.39 is 24.0 Å². The van der Waals surface area contributed by atoms with Crippen molar-refractivity contribution in [3.63, 3.8) is 0 Å². The number of benzene rings is 1. The standard InChI is InChI=1S/C10H7F3O3/c11-10(12,13)7-3-1-2-6(4-7)8-5-15-9(14)16-8/h1-4,8H,5H2/t8-/m1/s1. The molecule has 0 aliphatic carbocycles. The average molecular weight is 232 g/mol. The number of cyclic esters (lactones) is 2. The van der Waals surface area contributed by atoms with Crippen LogP contribution in [0.5, 0.6) is 0 Å². The molecule has 0 unspecified atom stereocenters. The number of halogens is 3. The Bertz CT molecular complexity index is 414. The smallest absolute Gasteiger partial charge is 0.430 e. The fourth-order valence-electron chi connectivity index (χ4n) is 1.41. The predicted molar refractivity (Wildman–Crippen MR) is 46.6 cm³/mol. The van der Waals surface area contributed by atoms with Crippen molar-refractivity contribution in [1.29, 1.82) is 0 Å².